The van der Waals surface area contributed by atoms with E-state index in [1.165, 1.54) is 11.3 Å². The minimum absolute atomic E-state index is 0.251. The molecule has 0 saturated heterocycles. The Labute approximate surface area is 152 Å². The third-order valence-electron chi connectivity index (χ3n) is 4.83. The van der Waals surface area contributed by atoms with Crippen molar-refractivity contribution in [3.63, 3.8) is 0 Å². The van der Waals surface area contributed by atoms with Crippen molar-refractivity contribution >= 4 is 11.8 Å². The average molecular weight is 347 g/mol. The van der Waals surface area contributed by atoms with Crippen LogP contribution >= 0.6 is 0 Å². The third kappa shape index (κ3) is 6.60. The zero-order valence-electron chi connectivity index (χ0n) is 16.5. The highest BCUT2D eigenvalue weighted by molar-refractivity contribution is 5.68. The standard InChI is InChI=1S/C21H34N2O2/c1-6-23(19-13-7-16(2)8-14-19)15-17-9-11-18(12-10-17)22-20(24)25-21(3,4)5/h7-8,13-14,17-18H,6,9-12,15H2,1-5H3,(H,22,24). The van der Waals surface area contributed by atoms with E-state index < -0.39 is 5.60 Å². The Balaban J connectivity index is 1.79. The lowest BCUT2D eigenvalue weighted by Crippen LogP contribution is -2.42. The fourth-order valence-corrected chi connectivity index (χ4v) is 3.45. The van der Waals surface area contributed by atoms with Crippen molar-refractivity contribution in [2.75, 3.05) is 18.0 Å². The molecule has 1 saturated carbocycles. The van der Waals surface area contributed by atoms with E-state index in [-0.39, 0.29) is 12.1 Å². The van der Waals surface area contributed by atoms with Gasteiger partial charge in [0.15, 0.2) is 0 Å². The first-order valence-electron chi connectivity index (χ1n) is 9.58. The average Bonchev–Trinajstić information content (AvgIpc) is 2.53. The number of hydrogen-bond donors (Lipinski definition) is 1. The maximum Gasteiger partial charge on any atom is 0.407 e. The van der Waals surface area contributed by atoms with Gasteiger partial charge in [0, 0.05) is 24.8 Å². The van der Waals surface area contributed by atoms with Gasteiger partial charge in [-0.2, -0.15) is 0 Å². The van der Waals surface area contributed by atoms with Gasteiger partial charge in [0.05, 0.1) is 0 Å². The second-order valence-corrected chi connectivity index (χ2v) is 8.24. The number of anilines is 1. The van der Waals surface area contributed by atoms with E-state index in [4.69, 9.17) is 4.74 Å². The van der Waals surface area contributed by atoms with Crippen LogP contribution in [0, 0.1) is 12.8 Å². The van der Waals surface area contributed by atoms with Gasteiger partial charge >= 0.3 is 6.09 Å². The molecule has 1 aliphatic carbocycles. The molecule has 0 atom stereocenters. The van der Waals surface area contributed by atoms with Crippen LogP contribution in [0.5, 0.6) is 0 Å². The molecule has 4 nitrogen and oxygen atoms in total. The SMILES string of the molecule is CCN(CC1CCC(NC(=O)OC(C)(C)C)CC1)c1ccc(C)cc1. The molecule has 1 aromatic rings. The number of amides is 1. The van der Waals surface area contributed by atoms with E-state index in [2.05, 4.69) is 48.3 Å². The fraction of sp³-hybridized carbons (Fsp3) is 0.667. The normalized spacial score (nSPS) is 20.8. The first kappa shape index (κ1) is 19.6. The summed E-state index contributed by atoms with van der Waals surface area (Å²) in [6.07, 6.45) is 4.10. The monoisotopic (exact) mass is 346 g/mol. The molecule has 1 amide bonds. The smallest absolute Gasteiger partial charge is 0.407 e. The molecule has 140 valence electrons. The number of carbonyl (C=O) groups excluding carboxylic acids is 1. The maximum absolute atomic E-state index is 11.9. The first-order valence-corrected chi connectivity index (χ1v) is 9.58. The van der Waals surface area contributed by atoms with Crippen LogP contribution in [0.15, 0.2) is 24.3 Å². The van der Waals surface area contributed by atoms with Crippen molar-refractivity contribution in [1.29, 1.82) is 0 Å². The summed E-state index contributed by atoms with van der Waals surface area (Å²) >= 11 is 0. The summed E-state index contributed by atoms with van der Waals surface area (Å²) in [5.41, 5.74) is 2.17. The minimum Gasteiger partial charge on any atom is -0.444 e. The van der Waals surface area contributed by atoms with E-state index in [1.807, 2.05) is 20.8 Å². The molecule has 2 rings (SSSR count). The number of benzene rings is 1. The highest BCUT2D eigenvalue weighted by atomic mass is 16.6. The van der Waals surface area contributed by atoms with Gasteiger partial charge in [-0.05, 0) is 78.4 Å². The minimum atomic E-state index is -0.434. The van der Waals surface area contributed by atoms with Crippen LogP contribution in [0.4, 0.5) is 10.5 Å². The van der Waals surface area contributed by atoms with Gasteiger partial charge in [0.2, 0.25) is 0 Å². The molecule has 0 aromatic heterocycles. The van der Waals surface area contributed by atoms with Crippen LogP contribution < -0.4 is 10.2 Å². The van der Waals surface area contributed by atoms with Gasteiger partial charge in [-0.15, -0.1) is 0 Å². The molecule has 25 heavy (non-hydrogen) atoms. The van der Waals surface area contributed by atoms with E-state index in [0.29, 0.717) is 5.92 Å². The van der Waals surface area contributed by atoms with Gasteiger partial charge in [-0.25, -0.2) is 4.79 Å². The zero-order chi connectivity index (χ0) is 18.4. The van der Waals surface area contributed by atoms with Crippen molar-refractivity contribution in [2.45, 2.75) is 71.9 Å². The summed E-state index contributed by atoms with van der Waals surface area (Å²) in [4.78, 5) is 14.4. The van der Waals surface area contributed by atoms with Gasteiger partial charge < -0.3 is 15.0 Å². The first-order chi connectivity index (χ1) is 11.8. The van der Waals surface area contributed by atoms with E-state index in [9.17, 15) is 4.79 Å². The molecule has 0 aliphatic heterocycles. The summed E-state index contributed by atoms with van der Waals surface area (Å²) in [6.45, 7) is 12.2. The molecule has 1 fully saturated rings. The highest BCUT2D eigenvalue weighted by Crippen LogP contribution is 2.27. The lowest BCUT2D eigenvalue weighted by molar-refractivity contribution is 0.0487. The summed E-state index contributed by atoms with van der Waals surface area (Å²) in [5, 5.41) is 3.03. The molecule has 0 unspecified atom stereocenters. The molecule has 0 radical (unpaired) electrons. The number of hydrogen-bond acceptors (Lipinski definition) is 3. The summed E-state index contributed by atoms with van der Waals surface area (Å²) in [7, 11) is 0. The number of nitrogens with one attached hydrogen (secondary N) is 1. The number of carbonyl (C=O) groups is 1. The highest BCUT2D eigenvalue weighted by Gasteiger charge is 2.25. The Morgan fingerprint density at radius 1 is 1.16 bits per heavy atom. The summed E-state index contributed by atoms with van der Waals surface area (Å²) < 4.78 is 5.36. The van der Waals surface area contributed by atoms with Crippen LogP contribution in [0.3, 0.4) is 0 Å². The Hall–Kier alpha value is -1.71. The van der Waals surface area contributed by atoms with Crippen molar-refractivity contribution in [1.82, 2.24) is 5.32 Å². The van der Waals surface area contributed by atoms with Gasteiger partial charge in [0.25, 0.3) is 0 Å². The van der Waals surface area contributed by atoms with Crippen molar-refractivity contribution in [3.05, 3.63) is 29.8 Å². The number of ether oxygens (including phenoxy) is 1. The summed E-state index contributed by atoms with van der Waals surface area (Å²) in [6, 6.07) is 9.04. The molecule has 0 spiro atoms. The molecule has 1 aliphatic rings. The quantitative estimate of drug-likeness (QED) is 0.824. The van der Waals surface area contributed by atoms with Crippen LogP contribution in [-0.2, 0) is 4.74 Å². The van der Waals surface area contributed by atoms with Gasteiger partial charge in [-0.1, -0.05) is 17.7 Å². The van der Waals surface area contributed by atoms with Crippen molar-refractivity contribution in [2.24, 2.45) is 5.92 Å². The van der Waals surface area contributed by atoms with Crippen LogP contribution in [0.1, 0.15) is 58.9 Å². The number of nitrogens with zero attached hydrogens (tertiary/aromatic N) is 1. The zero-order valence-corrected chi connectivity index (χ0v) is 16.5. The number of aryl methyl sites for hydroxylation is 1. The molecule has 0 bridgehead atoms. The molecular formula is C21H34N2O2. The van der Waals surface area contributed by atoms with Crippen LogP contribution in [-0.4, -0.2) is 30.8 Å². The Morgan fingerprint density at radius 3 is 2.28 bits per heavy atom. The maximum atomic E-state index is 11.9. The van der Waals surface area contributed by atoms with Crippen molar-refractivity contribution in [3.8, 4) is 0 Å². The predicted octanol–water partition coefficient (Wildman–Crippen LogP) is 4.90. The van der Waals surface area contributed by atoms with E-state index >= 15 is 0 Å². The fourth-order valence-electron chi connectivity index (χ4n) is 3.45. The Morgan fingerprint density at radius 2 is 1.76 bits per heavy atom. The molecule has 0 heterocycles. The molecule has 1 N–H and O–H groups in total. The molecular weight excluding hydrogens is 312 g/mol. The predicted molar refractivity (Wildman–Crippen MR) is 104 cm³/mol. The van der Waals surface area contributed by atoms with E-state index in [0.717, 1.165) is 38.8 Å². The van der Waals surface area contributed by atoms with Crippen molar-refractivity contribution < 1.29 is 9.53 Å². The lowest BCUT2D eigenvalue weighted by Gasteiger charge is -2.34. The van der Waals surface area contributed by atoms with Crippen LogP contribution in [0.2, 0.25) is 0 Å². The summed E-state index contributed by atoms with van der Waals surface area (Å²) in [5.74, 6) is 0.693. The lowest BCUT2D eigenvalue weighted by atomic mass is 9.85. The second-order valence-electron chi connectivity index (χ2n) is 8.24. The third-order valence-corrected chi connectivity index (χ3v) is 4.83. The number of alkyl carbamates (subject to hydrolysis) is 1. The largest absolute Gasteiger partial charge is 0.444 e. The van der Waals surface area contributed by atoms with Crippen LogP contribution in [0.25, 0.3) is 0 Å². The van der Waals surface area contributed by atoms with Gasteiger partial charge in [0.1, 0.15) is 5.60 Å². The topological polar surface area (TPSA) is 41.6 Å². The Kier molecular flexibility index (Phi) is 6.74. The number of rotatable bonds is 5. The van der Waals surface area contributed by atoms with E-state index in [1.54, 1.807) is 0 Å². The second kappa shape index (κ2) is 8.59. The Bertz CT molecular complexity index is 540. The van der Waals surface area contributed by atoms with Gasteiger partial charge in [-0.3, -0.25) is 0 Å². The molecule has 4 heteroatoms. The molecule has 1 aromatic carbocycles.